The number of methoxy groups -OCH3 is 1. The normalized spacial score (nSPS) is 10.6. The summed E-state index contributed by atoms with van der Waals surface area (Å²) >= 11 is 3.45. The number of H-pyrrole nitrogens is 1. The molecule has 0 bridgehead atoms. The molecule has 0 aliphatic heterocycles. The molecule has 0 fully saturated rings. The lowest BCUT2D eigenvalue weighted by Gasteiger charge is -2.03. The Balaban J connectivity index is 2.20. The smallest absolute Gasteiger partial charge is 0.181 e. The number of benzene rings is 1. The van der Waals surface area contributed by atoms with Crippen LogP contribution in [-0.4, -0.2) is 28.8 Å². The molecule has 1 aromatic carbocycles. The van der Waals surface area contributed by atoms with Crippen molar-refractivity contribution in [3.05, 3.63) is 28.5 Å². The van der Waals surface area contributed by atoms with Gasteiger partial charge in [-0.05, 0) is 47.1 Å². The van der Waals surface area contributed by atoms with Crippen LogP contribution in [0.4, 0.5) is 0 Å². The van der Waals surface area contributed by atoms with Gasteiger partial charge in [0.25, 0.3) is 0 Å². The van der Waals surface area contributed by atoms with E-state index >= 15 is 0 Å². The lowest BCUT2D eigenvalue weighted by Crippen LogP contribution is -2.01. The zero-order valence-electron chi connectivity index (χ0n) is 10.1. The van der Waals surface area contributed by atoms with Crippen LogP contribution in [0, 0.1) is 0 Å². The second-order valence-corrected chi connectivity index (χ2v) is 4.70. The number of nitrogens with zero attached hydrogens (tertiary/aromatic N) is 2. The third kappa shape index (κ3) is 2.88. The number of halogens is 1. The minimum atomic E-state index is 0.657. The van der Waals surface area contributed by atoms with E-state index in [9.17, 15) is 0 Å². The van der Waals surface area contributed by atoms with Crippen molar-refractivity contribution in [3.8, 4) is 17.1 Å². The van der Waals surface area contributed by atoms with E-state index in [1.54, 1.807) is 7.11 Å². The molecule has 0 saturated heterocycles. The van der Waals surface area contributed by atoms with Gasteiger partial charge in [0.15, 0.2) is 5.82 Å². The first-order valence-electron chi connectivity index (χ1n) is 5.70. The number of aryl methyl sites for hydroxylation is 1. The molecule has 2 aromatic rings. The number of hydrogen-bond donors (Lipinski definition) is 2. The molecule has 3 N–H and O–H groups in total. The lowest BCUT2D eigenvalue weighted by atomic mass is 10.2. The van der Waals surface area contributed by atoms with E-state index in [-0.39, 0.29) is 0 Å². The molecule has 0 saturated carbocycles. The number of aromatic amines is 1. The molecule has 2 rings (SSSR count). The summed E-state index contributed by atoms with van der Waals surface area (Å²) in [7, 11) is 1.64. The van der Waals surface area contributed by atoms with Gasteiger partial charge in [0.05, 0.1) is 11.6 Å². The van der Waals surface area contributed by atoms with Gasteiger partial charge in [-0.3, -0.25) is 5.10 Å². The first-order chi connectivity index (χ1) is 8.74. The molecule has 0 atom stereocenters. The van der Waals surface area contributed by atoms with Gasteiger partial charge in [-0.15, -0.1) is 0 Å². The van der Waals surface area contributed by atoms with Gasteiger partial charge in [-0.1, -0.05) is 0 Å². The van der Waals surface area contributed by atoms with Gasteiger partial charge < -0.3 is 10.5 Å². The summed E-state index contributed by atoms with van der Waals surface area (Å²) in [5, 5.41) is 7.12. The van der Waals surface area contributed by atoms with Crippen molar-refractivity contribution in [2.24, 2.45) is 5.73 Å². The maximum Gasteiger partial charge on any atom is 0.181 e. The van der Waals surface area contributed by atoms with E-state index in [1.165, 1.54) is 0 Å². The number of rotatable bonds is 5. The van der Waals surface area contributed by atoms with Gasteiger partial charge >= 0.3 is 0 Å². The monoisotopic (exact) mass is 310 g/mol. The van der Waals surface area contributed by atoms with E-state index in [0.717, 1.165) is 34.5 Å². The molecule has 0 aliphatic carbocycles. The molecule has 5 nitrogen and oxygen atoms in total. The van der Waals surface area contributed by atoms with Crippen molar-refractivity contribution in [2.75, 3.05) is 13.7 Å². The summed E-state index contributed by atoms with van der Waals surface area (Å²) in [5.74, 6) is 2.34. The Kier molecular flexibility index (Phi) is 4.33. The molecule has 0 amide bonds. The maximum absolute atomic E-state index is 5.46. The van der Waals surface area contributed by atoms with Gasteiger partial charge in [0.1, 0.15) is 11.6 Å². The highest BCUT2D eigenvalue weighted by molar-refractivity contribution is 9.10. The minimum absolute atomic E-state index is 0.657. The van der Waals surface area contributed by atoms with Crippen LogP contribution < -0.4 is 10.5 Å². The SMILES string of the molecule is COc1ccc(-c2n[nH]c(CCCN)n2)cc1Br. The van der Waals surface area contributed by atoms with Gasteiger partial charge in [0.2, 0.25) is 0 Å². The summed E-state index contributed by atoms with van der Waals surface area (Å²) in [6.07, 6.45) is 1.72. The summed E-state index contributed by atoms with van der Waals surface area (Å²) in [5.41, 5.74) is 6.41. The topological polar surface area (TPSA) is 76.8 Å². The number of hydrogen-bond acceptors (Lipinski definition) is 4. The largest absolute Gasteiger partial charge is 0.496 e. The number of nitrogens with one attached hydrogen (secondary N) is 1. The molecule has 0 radical (unpaired) electrons. The predicted octanol–water partition coefficient (Wildman–Crippen LogP) is 2.13. The first kappa shape index (κ1) is 13.0. The Morgan fingerprint density at radius 2 is 2.28 bits per heavy atom. The fourth-order valence-corrected chi connectivity index (χ4v) is 2.15. The third-order valence-corrected chi connectivity index (χ3v) is 3.18. The Labute approximate surface area is 114 Å². The Hall–Kier alpha value is -1.40. The highest BCUT2D eigenvalue weighted by atomic mass is 79.9. The molecule has 0 unspecified atom stereocenters. The fourth-order valence-electron chi connectivity index (χ4n) is 1.61. The van der Waals surface area contributed by atoms with Crippen LogP contribution >= 0.6 is 15.9 Å². The second-order valence-electron chi connectivity index (χ2n) is 3.85. The van der Waals surface area contributed by atoms with Crippen molar-refractivity contribution in [1.82, 2.24) is 15.2 Å². The van der Waals surface area contributed by atoms with E-state index in [1.807, 2.05) is 18.2 Å². The van der Waals surface area contributed by atoms with Crippen LogP contribution in [0.2, 0.25) is 0 Å². The van der Waals surface area contributed by atoms with Crippen LogP contribution in [0.3, 0.4) is 0 Å². The average Bonchev–Trinajstić information content (AvgIpc) is 2.85. The van der Waals surface area contributed by atoms with E-state index in [4.69, 9.17) is 10.5 Å². The summed E-state index contributed by atoms with van der Waals surface area (Å²) in [4.78, 5) is 4.43. The van der Waals surface area contributed by atoms with Crippen LogP contribution in [0.5, 0.6) is 5.75 Å². The van der Waals surface area contributed by atoms with E-state index in [2.05, 4.69) is 31.1 Å². The highest BCUT2D eigenvalue weighted by Gasteiger charge is 2.08. The van der Waals surface area contributed by atoms with E-state index < -0.39 is 0 Å². The fraction of sp³-hybridized carbons (Fsp3) is 0.333. The van der Waals surface area contributed by atoms with Crippen LogP contribution in [0.15, 0.2) is 22.7 Å². The molecule has 6 heteroatoms. The van der Waals surface area contributed by atoms with Crippen molar-refractivity contribution < 1.29 is 4.74 Å². The Morgan fingerprint density at radius 1 is 1.44 bits per heavy atom. The number of ether oxygens (including phenoxy) is 1. The average molecular weight is 311 g/mol. The van der Waals surface area contributed by atoms with Crippen molar-refractivity contribution in [3.63, 3.8) is 0 Å². The van der Waals surface area contributed by atoms with Crippen molar-refractivity contribution >= 4 is 15.9 Å². The van der Waals surface area contributed by atoms with Crippen molar-refractivity contribution in [1.29, 1.82) is 0 Å². The van der Waals surface area contributed by atoms with Crippen LogP contribution in [-0.2, 0) is 6.42 Å². The maximum atomic E-state index is 5.46. The van der Waals surface area contributed by atoms with Crippen molar-refractivity contribution in [2.45, 2.75) is 12.8 Å². The lowest BCUT2D eigenvalue weighted by molar-refractivity contribution is 0.412. The zero-order valence-corrected chi connectivity index (χ0v) is 11.7. The Bertz CT molecular complexity index is 527. The molecule has 96 valence electrons. The zero-order chi connectivity index (χ0) is 13.0. The molecule has 18 heavy (non-hydrogen) atoms. The quantitative estimate of drug-likeness (QED) is 0.887. The summed E-state index contributed by atoms with van der Waals surface area (Å²) in [6, 6.07) is 5.75. The van der Waals surface area contributed by atoms with Crippen LogP contribution in [0.1, 0.15) is 12.2 Å². The molecule has 1 heterocycles. The first-order valence-corrected chi connectivity index (χ1v) is 6.49. The minimum Gasteiger partial charge on any atom is -0.496 e. The molecular formula is C12H15BrN4O. The van der Waals surface area contributed by atoms with Gasteiger partial charge in [0, 0.05) is 12.0 Å². The second kappa shape index (κ2) is 5.97. The molecule has 1 aromatic heterocycles. The van der Waals surface area contributed by atoms with Gasteiger partial charge in [-0.2, -0.15) is 5.10 Å². The molecule has 0 spiro atoms. The molecular weight excluding hydrogens is 296 g/mol. The standard InChI is InChI=1S/C12H15BrN4O/c1-18-10-5-4-8(7-9(10)13)12-15-11(16-17-12)3-2-6-14/h4-5,7H,2-3,6,14H2,1H3,(H,15,16,17). The summed E-state index contributed by atoms with van der Waals surface area (Å²) in [6.45, 7) is 0.657. The van der Waals surface area contributed by atoms with Crippen LogP contribution in [0.25, 0.3) is 11.4 Å². The third-order valence-electron chi connectivity index (χ3n) is 2.56. The number of nitrogens with two attached hydrogens (primary N) is 1. The number of aromatic nitrogens is 3. The van der Waals surface area contributed by atoms with Gasteiger partial charge in [-0.25, -0.2) is 4.98 Å². The molecule has 0 aliphatic rings. The summed E-state index contributed by atoms with van der Waals surface area (Å²) < 4.78 is 6.07. The highest BCUT2D eigenvalue weighted by Crippen LogP contribution is 2.29. The predicted molar refractivity (Wildman–Crippen MR) is 73.4 cm³/mol. The van der Waals surface area contributed by atoms with E-state index in [0.29, 0.717) is 12.4 Å². The Morgan fingerprint density at radius 3 is 2.94 bits per heavy atom.